The summed E-state index contributed by atoms with van der Waals surface area (Å²) in [5.74, 6) is 0.0102. The molecule has 0 saturated heterocycles. The molecule has 0 radical (unpaired) electrons. The summed E-state index contributed by atoms with van der Waals surface area (Å²) in [5.41, 5.74) is 0. The van der Waals surface area contributed by atoms with Gasteiger partial charge in [-0.2, -0.15) is 0 Å². The maximum absolute atomic E-state index is 12.7. The number of carbonyl (C=O) groups excluding carboxylic acids is 3. The summed E-state index contributed by atoms with van der Waals surface area (Å²) >= 11 is 0. The first kappa shape index (κ1) is 59.4. The number of rotatable bonds is 50. The monoisotopic (exact) mass is 863 g/mol. The van der Waals surface area contributed by atoms with Crippen molar-refractivity contribution in [3.63, 3.8) is 0 Å². The molecule has 0 aliphatic rings. The van der Waals surface area contributed by atoms with Gasteiger partial charge in [-0.05, 0) is 25.2 Å². The SMILES string of the molecule is CCCCCCCCCCCCCCCCCC(=O)OC[C@H](COC(=O)CCCCCCCCCCCCCCCCCCC(C)C)OC(=O)CCCCCCCCCCC. The van der Waals surface area contributed by atoms with Crippen LogP contribution in [0.4, 0.5) is 0 Å². The molecule has 0 bridgehead atoms. The van der Waals surface area contributed by atoms with Crippen molar-refractivity contribution in [2.24, 2.45) is 5.92 Å². The van der Waals surface area contributed by atoms with Gasteiger partial charge >= 0.3 is 17.9 Å². The average Bonchev–Trinajstić information content (AvgIpc) is 3.24. The van der Waals surface area contributed by atoms with Gasteiger partial charge in [0.25, 0.3) is 0 Å². The first-order chi connectivity index (χ1) is 29.9. The topological polar surface area (TPSA) is 78.9 Å². The van der Waals surface area contributed by atoms with Crippen LogP contribution in [-0.2, 0) is 28.6 Å². The third-order valence-electron chi connectivity index (χ3n) is 12.5. The predicted molar refractivity (Wildman–Crippen MR) is 261 cm³/mol. The van der Waals surface area contributed by atoms with Crippen LogP contribution in [0.2, 0.25) is 0 Å². The Kier molecular flexibility index (Phi) is 48.1. The summed E-state index contributed by atoms with van der Waals surface area (Å²) in [4.78, 5) is 37.9. The van der Waals surface area contributed by atoms with E-state index in [-0.39, 0.29) is 31.1 Å². The van der Waals surface area contributed by atoms with Crippen molar-refractivity contribution in [1.29, 1.82) is 0 Å². The van der Waals surface area contributed by atoms with E-state index < -0.39 is 6.10 Å². The highest BCUT2D eigenvalue weighted by molar-refractivity contribution is 5.71. The van der Waals surface area contributed by atoms with Crippen LogP contribution in [0.1, 0.15) is 310 Å². The van der Waals surface area contributed by atoms with Crippen LogP contribution in [0.15, 0.2) is 0 Å². The van der Waals surface area contributed by atoms with Crippen LogP contribution < -0.4 is 0 Å². The zero-order valence-electron chi connectivity index (χ0n) is 41.6. The molecular formula is C55H106O6. The Morgan fingerprint density at radius 3 is 0.803 bits per heavy atom. The first-order valence-electron chi connectivity index (χ1n) is 27.4. The van der Waals surface area contributed by atoms with Crippen molar-refractivity contribution in [2.75, 3.05) is 13.2 Å². The molecule has 0 saturated carbocycles. The molecule has 1 atom stereocenters. The molecule has 0 rings (SSSR count). The van der Waals surface area contributed by atoms with Crippen molar-refractivity contribution in [3.05, 3.63) is 0 Å². The number of esters is 3. The quantitative estimate of drug-likeness (QED) is 0.0344. The molecule has 0 amide bonds. The van der Waals surface area contributed by atoms with Gasteiger partial charge in [-0.3, -0.25) is 14.4 Å². The van der Waals surface area contributed by atoms with E-state index >= 15 is 0 Å². The summed E-state index contributed by atoms with van der Waals surface area (Å²) in [6.45, 7) is 9.04. The van der Waals surface area contributed by atoms with E-state index in [0.717, 1.165) is 63.7 Å². The van der Waals surface area contributed by atoms with Crippen molar-refractivity contribution in [3.8, 4) is 0 Å². The second kappa shape index (κ2) is 49.4. The Morgan fingerprint density at radius 2 is 0.541 bits per heavy atom. The van der Waals surface area contributed by atoms with Gasteiger partial charge in [-0.15, -0.1) is 0 Å². The first-order valence-corrected chi connectivity index (χ1v) is 27.4. The fraction of sp³-hybridized carbons (Fsp3) is 0.945. The minimum Gasteiger partial charge on any atom is -0.462 e. The fourth-order valence-corrected chi connectivity index (χ4v) is 8.39. The Labute approximate surface area is 380 Å². The molecule has 0 spiro atoms. The molecule has 0 unspecified atom stereocenters. The van der Waals surface area contributed by atoms with Gasteiger partial charge in [0.2, 0.25) is 0 Å². The van der Waals surface area contributed by atoms with E-state index in [4.69, 9.17) is 14.2 Å². The molecule has 0 aromatic heterocycles. The second-order valence-electron chi connectivity index (χ2n) is 19.3. The number of carbonyl (C=O) groups is 3. The third kappa shape index (κ3) is 49.3. The van der Waals surface area contributed by atoms with Crippen LogP contribution in [0, 0.1) is 5.92 Å². The van der Waals surface area contributed by atoms with Crippen LogP contribution in [0.5, 0.6) is 0 Å². The number of ether oxygens (including phenoxy) is 3. The molecule has 0 heterocycles. The van der Waals surface area contributed by atoms with E-state index in [2.05, 4.69) is 27.7 Å². The maximum atomic E-state index is 12.7. The lowest BCUT2D eigenvalue weighted by molar-refractivity contribution is -0.167. The van der Waals surface area contributed by atoms with E-state index in [0.29, 0.717) is 19.3 Å². The minimum absolute atomic E-state index is 0.0625. The Morgan fingerprint density at radius 1 is 0.311 bits per heavy atom. The van der Waals surface area contributed by atoms with Gasteiger partial charge in [0.05, 0.1) is 0 Å². The molecule has 0 N–H and O–H groups in total. The molecular weight excluding hydrogens is 757 g/mol. The van der Waals surface area contributed by atoms with Gasteiger partial charge < -0.3 is 14.2 Å². The minimum atomic E-state index is -0.760. The lowest BCUT2D eigenvalue weighted by atomic mass is 10.0. The van der Waals surface area contributed by atoms with Gasteiger partial charge in [0.15, 0.2) is 6.10 Å². The zero-order chi connectivity index (χ0) is 44.5. The Hall–Kier alpha value is -1.59. The molecule has 362 valence electrons. The van der Waals surface area contributed by atoms with Crippen molar-refractivity contribution < 1.29 is 28.6 Å². The fourth-order valence-electron chi connectivity index (χ4n) is 8.39. The van der Waals surface area contributed by atoms with Crippen molar-refractivity contribution in [1.82, 2.24) is 0 Å². The highest BCUT2D eigenvalue weighted by Crippen LogP contribution is 2.17. The van der Waals surface area contributed by atoms with Crippen molar-refractivity contribution in [2.45, 2.75) is 316 Å². The second-order valence-corrected chi connectivity index (χ2v) is 19.3. The Balaban J connectivity index is 4.19. The third-order valence-corrected chi connectivity index (χ3v) is 12.5. The van der Waals surface area contributed by atoms with Crippen molar-refractivity contribution >= 4 is 17.9 Å². The summed E-state index contributed by atoms with van der Waals surface area (Å²) in [6.07, 6.45) is 52.4. The van der Waals surface area contributed by atoms with Crippen LogP contribution in [0.25, 0.3) is 0 Å². The average molecular weight is 863 g/mol. The van der Waals surface area contributed by atoms with Gasteiger partial charge in [0.1, 0.15) is 13.2 Å². The molecule has 0 aromatic rings. The van der Waals surface area contributed by atoms with Crippen LogP contribution >= 0.6 is 0 Å². The summed E-state index contributed by atoms with van der Waals surface area (Å²) in [7, 11) is 0. The number of unbranched alkanes of at least 4 members (excludes halogenated alkanes) is 37. The van der Waals surface area contributed by atoms with E-state index in [9.17, 15) is 14.4 Å². The summed E-state index contributed by atoms with van der Waals surface area (Å²) in [6, 6.07) is 0. The normalized spacial score (nSPS) is 12.0. The molecule has 0 aromatic carbocycles. The standard InChI is InChI=1S/C55H106O6/c1-5-7-9-11-13-15-16-17-20-24-27-31-34-38-42-46-53(56)59-49-52(61-55(58)48-44-40-36-29-14-12-10-8-6-2)50-60-54(57)47-43-39-35-32-28-25-22-19-18-21-23-26-30-33-37-41-45-51(3)4/h51-52H,5-50H2,1-4H3/t52-/m1/s1. The van der Waals surface area contributed by atoms with Crippen LogP contribution in [0.3, 0.4) is 0 Å². The Bertz CT molecular complexity index is 918. The number of hydrogen-bond acceptors (Lipinski definition) is 6. The van der Waals surface area contributed by atoms with E-state index in [1.54, 1.807) is 0 Å². The largest absolute Gasteiger partial charge is 0.462 e. The molecule has 61 heavy (non-hydrogen) atoms. The lowest BCUT2D eigenvalue weighted by Crippen LogP contribution is -2.30. The molecule has 6 nitrogen and oxygen atoms in total. The van der Waals surface area contributed by atoms with Gasteiger partial charge in [-0.25, -0.2) is 0 Å². The van der Waals surface area contributed by atoms with E-state index in [1.807, 2.05) is 0 Å². The molecule has 0 aliphatic carbocycles. The number of hydrogen-bond donors (Lipinski definition) is 0. The predicted octanol–water partition coefficient (Wildman–Crippen LogP) is 17.8. The van der Waals surface area contributed by atoms with Crippen LogP contribution in [-0.4, -0.2) is 37.2 Å². The summed E-state index contributed by atoms with van der Waals surface area (Å²) in [5, 5.41) is 0. The summed E-state index contributed by atoms with van der Waals surface area (Å²) < 4.78 is 16.8. The smallest absolute Gasteiger partial charge is 0.306 e. The zero-order valence-corrected chi connectivity index (χ0v) is 41.6. The maximum Gasteiger partial charge on any atom is 0.306 e. The van der Waals surface area contributed by atoms with Gasteiger partial charge in [-0.1, -0.05) is 272 Å². The molecule has 0 fully saturated rings. The highest BCUT2D eigenvalue weighted by atomic mass is 16.6. The molecule has 0 aliphatic heterocycles. The molecule has 6 heteroatoms. The highest BCUT2D eigenvalue weighted by Gasteiger charge is 2.19. The van der Waals surface area contributed by atoms with Gasteiger partial charge in [0, 0.05) is 19.3 Å². The van der Waals surface area contributed by atoms with E-state index in [1.165, 1.54) is 205 Å². The lowest BCUT2D eigenvalue weighted by Gasteiger charge is -2.18.